The van der Waals surface area contributed by atoms with Crippen LogP contribution in [0.25, 0.3) is 0 Å². The Morgan fingerprint density at radius 1 is 1.37 bits per heavy atom. The molecule has 1 N–H and O–H groups in total. The molecule has 0 atom stereocenters. The molecule has 2 rings (SSSR count). The lowest BCUT2D eigenvalue weighted by atomic mass is 10.2. The average molecular weight is 254 g/mol. The molecular weight excluding hydrogens is 244 g/mol. The maximum atomic E-state index is 10.8. The number of nitro groups is 1. The van der Waals surface area contributed by atoms with E-state index in [1.807, 2.05) is 6.07 Å². The van der Waals surface area contributed by atoms with Crippen molar-refractivity contribution in [2.45, 2.75) is 6.92 Å². The molecule has 0 saturated carbocycles. The third-order valence-corrected chi connectivity index (χ3v) is 2.57. The van der Waals surface area contributed by atoms with Gasteiger partial charge in [0.2, 0.25) is 0 Å². The molecule has 19 heavy (non-hydrogen) atoms. The lowest BCUT2D eigenvalue weighted by molar-refractivity contribution is -0.385. The van der Waals surface area contributed by atoms with Crippen LogP contribution in [-0.2, 0) is 0 Å². The highest BCUT2D eigenvalue weighted by molar-refractivity contribution is 5.62. The topological polar surface area (TPSA) is 91.8 Å². The van der Waals surface area contributed by atoms with Crippen molar-refractivity contribution in [2.24, 2.45) is 0 Å². The van der Waals surface area contributed by atoms with Gasteiger partial charge in [0.1, 0.15) is 5.82 Å². The highest BCUT2D eigenvalue weighted by atomic mass is 16.6. The highest BCUT2D eigenvalue weighted by Gasteiger charge is 2.11. The molecule has 1 heterocycles. The Labute approximate surface area is 109 Å². The van der Waals surface area contributed by atoms with Gasteiger partial charge >= 0.3 is 0 Å². The molecule has 0 bridgehead atoms. The molecule has 0 radical (unpaired) electrons. The zero-order valence-corrected chi connectivity index (χ0v) is 10.1. The van der Waals surface area contributed by atoms with E-state index >= 15 is 0 Å². The van der Waals surface area contributed by atoms with Gasteiger partial charge in [-0.3, -0.25) is 10.1 Å². The Bertz CT molecular complexity index is 677. The number of rotatable bonds is 3. The summed E-state index contributed by atoms with van der Waals surface area (Å²) in [5.41, 5.74) is 1.66. The number of aryl methyl sites for hydroxylation is 1. The second-order valence-corrected chi connectivity index (χ2v) is 3.92. The smallest absolute Gasteiger partial charge is 0.274 e. The first kappa shape index (κ1) is 12.5. The summed E-state index contributed by atoms with van der Waals surface area (Å²) in [6.45, 7) is 1.68. The van der Waals surface area contributed by atoms with Crippen molar-refractivity contribution in [3.05, 3.63) is 57.8 Å². The summed E-state index contributed by atoms with van der Waals surface area (Å²) in [4.78, 5) is 14.5. The summed E-state index contributed by atoms with van der Waals surface area (Å²) in [7, 11) is 0. The van der Waals surface area contributed by atoms with Crippen molar-refractivity contribution >= 4 is 17.2 Å². The van der Waals surface area contributed by atoms with Gasteiger partial charge in [-0.15, -0.1) is 0 Å². The van der Waals surface area contributed by atoms with Crippen molar-refractivity contribution in [1.82, 2.24) is 4.98 Å². The molecule has 0 aliphatic carbocycles. The van der Waals surface area contributed by atoms with Crippen LogP contribution in [0.4, 0.5) is 17.2 Å². The fourth-order valence-electron chi connectivity index (χ4n) is 1.60. The van der Waals surface area contributed by atoms with Crippen LogP contribution in [0.15, 0.2) is 36.5 Å². The van der Waals surface area contributed by atoms with E-state index < -0.39 is 4.92 Å². The van der Waals surface area contributed by atoms with Gasteiger partial charge in [0.15, 0.2) is 0 Å². The van der Waals surface area contributed by atoms with Gasteiger partial charge in [-0.1, -0.05) is 6.07 Å². The molecule has 2 aromatic rings. The number of nitrogens with zero attached hydrogens (tertiary/aromatic N) is 3. The Hall–Kier alpha value is -2.94. The van der Waals surface area contributed by atoms with E-state index in [1.54, 1.807) is 31.2 Å². The van der Waals surface area contributed by atoms with Crippen molar-refractivity contribution in [2.75, 3.05) is 5.32 Å². The minimum atomic E-state index is -0.431. The van der Waals surface area contributed by atoms with E-state index in [0.717, 1.165) is 0 Å². The van der Waals surface area contributed by atoms with Crippen molar-refractivity contribution in [3.63, 3.8) is 0 Å². The summed E-state index contributed by atoms with van der Waals surface area (Å²) >= 11 is 0. The van der Waals surface area contributed by atoms with Gasteiger partial charge in [0, 0.05) is 23.5 Å². The molecule has 0 spiro atoms. The lowest BCUT2D eigenvalue weighted by Gasteiger charge is -2.06. The number of nitro benzene ring substituents is 1. The lowest BCUT2D eigenvalue weighted by Crippen LogP contribution is -1.97. The molecule has 0 aliphatic rings. The Morgan fingerprint density at radius 3 is 2.84 bits per heavy atom. The fraction of sp³-hybridized carbons (Fsp3) is 0.0769. The van der Waals surface area contributed by atoms with Crippen LogP contribution >= 0.6 is 0 Å². The first-order valence-electron chi connectivity index (χ1n) is 5.48. The number of nitriles is 1. The molecule has 1 aromatic carbocycles. The predicted octanol–water partition coefficient (Wildman–Crippen LogP) is 2.91. The van der Waals surface area contributed by atoms with Gasteiger partial charge in [0.05, 0.1) is 16.6 Å². The summed E-state index contributed by atoms with van der Waals surface area (Å²) < 4.78 is 0. The van der Waals surface area contributed by atoms with E-state index in [0.29, 0.717) is 22.6 Å². The second kappa shape index (κ2) is 5.14. The average Bonchev–Trinajstić information content (AvgIpc) is 2.41. The minimum absolute atomic E-state index is 0.0430. The van der Waals surface area contributed by atoms with Crippen LogP contribution in [0.3, 0.4) is 0 Å². The fourth-order valence-corrected chi connectivity index (χ4v) is 1.60. The van der Waals surface area contributed by atoms with Crippen LogP contribution in [0.1, 0.15) is 11.1 Å². The Morgan fingerprint density at radius 2 is 2.16 bits per heavy atom. The quantitative estimate of drug-likeness (QED) is 0.671. The standard InChI is InChI=1S/C13H10N4O2/c1-9-2-3-11(7-12(9)17(18)19)16-13-6-10(8-14)4-5-15-13/h2-7H,1H3,(H,15,16). The zero-order chi connectivity index (χ0) is 13.8. The van der Waals surface area contributed by atoms with Gasteiger partial charge in [-0.05, 0) is 25.1 Å². The molecular formula is C13H10N4O2. The molecule has 0 unspecified atom stereocenters. The van der Waals surface area contributed by atoms with E-state index in [1.165, 1.54) is 12.3 Å². The molecule has 1 aromatic heterocycles. The number of nitrogens with one attached hydrogen (secondary N) is 1. The summed E-state index contributed by atoms with van der Waals surface area (Å²) in [5.74, 6) is 0.470. The van der Waals surface area contributed by atoms with E-state index in [-0.39, 0.29) is 5.69 Å². The van der Waals surface area contributed by atoms with E-state index in [9.17, 15) is 10.1 Å². The van der Waals surface area contributed by atoms with Gasteiger partial charge < -0.3 is 5.32 Å². The maximum absolute atomic E-state index is 10.8. The molecule has 0 amide bonds. The normalized spacial score (nSPS) is 9.68. The summed E-state index contributed by atoms with van der Waals surface area (Å²) in [5, 5.41) is 22.6. The second-order valence-electron chi connectivity index (χ2n) is 3.92. The molecule has 6 heteroatoms. The first-order valence-corrected chi connectivity index (χ1v) is 5.48. The van der Waals surface area contributed by atoms with Crippen molar-refractivity contribution < 1.29 is 4.92 Å². The minimum Gasteiger partial charge on any atom is -0.340 e. The molecule has 6 nitrogen and oxygen atoms in total. The van der Waals surface area contributed by atoms with E-state index in [2.05, 4.69) is 10.3 Å². The maximum Gasteiger partial charge on any atom is 0.274 e. The number of aromatic nitrogens is 1. The van der Waals surface area contributed by atoms with Crippen LogP contribution in [0.2, 0.25) is 0 Å². The zero-order valence-electron chi connectivity index (χ0n) is 10.1. The van der Waals surface area contributed by atoms with Crippen molar-refractivity contribution in [3.8, 4) is 6.07 Å². The number of benzene rings is 1. The summed E-state index contributed by atoms with van der Waals surface area (Å²) in [6, 6.07) is 9.99. The number of pyridine rings is 1. The number of hydrogen-bond acceptors (Lipinski definition) is 5. The van der Waals surface area contributed by atoms with Crippen LogP contribution in [0.5, 0.6) is 0 Å². The van der Waals surface area contributed by atoms with E-state index in [4.69, 9.17) is 5.26 Å². The van der Waals surface area contributed by atoms with Crippen molar-refractivity contribution in [1.29, 1.82) is 5.26 Å². The van der Waals surface area contributed by atoms with Gasteiger partial charge in [-0.25, -0.2) is 4.98 Å². The van der Waals surface area contributed by atoms with Crippen LogP contribution in [0, 0.1) is 28.4 Å². The SMILES string of the molecule is Cc1ccc(Nc2cc(C#N)ccn2)cc1[N+](=O)[O-]. The molecule has 0 fully saturated rings. The number of anilines is 2. The number of hydrogen-bond donors (Lipinski definition) is 1. The molecule has 94 valence electrons. The van der Waals surface area contributed by atoms with Gasteiger partial charge in [0.25, 0.3) is 5.69 Å². The Kier molecular flexibility index (Phi) is 3.39. The van der Waals surface area contributed by atoms with Crippen LogP contribution < -0.4 is 5.32 Å². The van der Waals surface area contributed by atoms with Gasteiger partial charge in [-0.2, -0.15) is 5.26 Å². The monoisotopic (exact) mass is 254 g/mol. The van der Waals surface area contributed by atoms with Crippen LogP contribution in [-0.4, -0.2) is 9.91 Å². The predicted molar refractivity (Wildman–Crippen MR) is 70.1 cm³/mol. The molecule has 0 saturated heterocycles. The highest BCUT2D eigenvalue weighted by Crippen LogP contribution is 2.24. The third kappa shape index (κ3) is 2.84. The third-order valence-electron chi connectivity index (χ3n) is 2.57. The Balaban J connectivity index is 2.31. The molecule has 0 aliphatic heterocycles. The summed E-state index contributed by atoms with van der Waals surface area (Å²) in [6.07, 6.45) is 1.50. The largest absolute Gasteiger partial charge is 0.340 e. The first-order chi connectivity index (χ1) is 9.10.